The monoisotopic (exact) mass is 631 g/mol. The van der Waals surface area contributed by atoms with E-state index >= 15 is 0 Å². The van der Waals surface area contributed by atoms with E-state index in [-0.39, 0.29) is 34.1 Å². The summed E-state index contributed by atoms with van der Waals surface area (Å²) in [5.41, 5.74) is 1.43. The maximum absolute atomic E-state index is 15.0. The number of sulfonamides is 1. The Balaban J connectivity index is 2.10. The molecule has 0 amide bonds. The largest absolute Gasteiger partial charge is 0.360 e. The molecule has 3 aromatic carbocycles. The van der Waals surface area contributed by atoms with Gasteiger partial charge in [0.25, 0.3) is 0 Å². The molecule has 0 heterocycles. The number of sulfone groups is 1. The Morgan fingerprint density at radius 1 is 0.762 bits per heavy atom. The molecule has 1 N–H and O–H groups in total. The first kappa shape index (κ1) is 32.0. The third-order valence-corrected chi connectivity index (χ3v) is 12.6. The molecule has 9 nitrogen and oxygen atoms in total. The third kappa shape index (κ3) is 5.95. The number of carbonyl (C=O) groups excluding carboxylic acids is 1. The molecule has 4 rings (SSSR count). The minimum absolute atomic E-state index is 0.0379. The lowest BCUT2D eigenvalue weighted by molar-refractivity contribution is 0.103. The molecule has 0 spiro atoms. The summed E-state index contributed by atoms with van der Waals surface area (Å²) < 4.78 is 85.1. The first-order valence-corrected chi connectivity index (χ1v) is 18.0. The number of carbonyl (C=O) groups is 1. The molecule has 0 aliphatic heterocycles. The zero-order chi connectivity index (χ0) is 30.8. The SMILES string of the molecule is CCCOP(=O)(OCCC)C1(NS(=O)(=O)c2ccc(C)cc2)C=C(S(=O)(=O)c2ccc(C)cc2)C(=O)c2ccccc21. The van der Waals surface area contributed by atoms with Crippen LogP contribution in [0.4, 0.5) is 0 Å². The number of rotatable bonds is 12. The molecular weight excluding hydrogens is 597 g/mol. The minimum Gasteiger partial charge on any atom is -0.307 e. The molecule has 1 atom stereocenters. The van der Waals surface area contributed by atoms with E-state index < -0.39 is 43.4 Å². The Bertz CT molecular complexity index is 1750. The number of allylic oxidation sites excluding steroid dienone is 1. The van der Waals surface area contributed by atoms with Gasteiger partial charge in [-0.2, -0.15) is 4.72 Å². The van der Waals surface area contributed by atoms with E-state index in [9.17, 15) is 26.2 Å². The first-order valence-electron chi connectivity index (χ1n) is 13.5. The Morgan fingerprint density at radius 3 is 1.79 bits per heavy atom. The van der Waals surface area contributed by atoms with Gasteiger partial charge in [-0.3, -0.25) is 9.36 Å². The Hall–Kier alpha value is -2.92. The average molecular weight is 632 g/mol. The molecule has 224 valence electrons. The highest BCUT2D eigenvalue weighted by Crippen LogP contribution is 2.67. The minimum atomic E-state index is -4.63. The van der Waals surface area contributed by atoms with Crippen molar-refractivity contribution >= 4 is 33.2 Å². The number of nitrogens with one attached hydrogen (secondary N) is 1. The Kier molecular flexibility index (Phi) is 9.42. The van der Waals surface area contributed by atoms with Crippen LogP contribution in [0.5, 0.6) is 0 Å². The fraction of sp³-hybridized carbons (Fsp3) is 0.300. The average Bonchev–Trinajstić information content (AvgIpc) is 2.96. The Labute approximate surface area is 247 Å². The molecule has 0 radical (unpaired) electrons. The molecular formula is C30H34NO8PS2. The Morgan fingerprint density at radius 2 is 1.26 bits per heavy atom. The molecule has 42 heavy (non-hydrogen) atoms. The summed E-state index contributed by atoms with van der Waals surface area (Å²) in [4.78, 5) is 12.7. The standard InChI is InChI=1S/C30H34NO8PS2/c1-5-19-38-40(33,39-20-6-2)30(31-42(36,37)25-17-13-23(4)14-18-25)21-28(29(32)26-9-7-8-10-27(26)30)41(34,35)24-15-11-22(3)12-16-24/h7-18,21,31H,5-6,19-20H2,1-4H3. The second-order valence-corrected chi connectivity index (χ2v) is 15.9. The highest BCUT2D eigenvalue weighted by Gasteiger charge is 2.58. The van der Waals surface area contributed by atoms with Crippen LogP contribution in [-0.2, 0) is 38.8 Å². The van der Waals surface area contributed by atoms with Crippen LogP contribution >= 0.6 is 7.60 Å². The van der Waals surface area contributed by atoms with E-state index in [0.717, 1.165) is 17.2 Å². The summed E-state index contributed by atoms with van der Waals surface area (Å²) in [6, 6.07) is 17.7. The summed E-state index contributed by atoms with van der Waals surface area (Å²) in [6.45, 7) is 6.96. The highest BCUT2D eigenvalue weighted by atomic mass is 32.2. The van der Waals surface area contributed by atoms with Gasteiger partial charge in [-0.1, -0.05) is 73.5 Å². The quantitative estimate of drug-likeness (QED) is 0.240. The zero-order valence-electron chi connectivity index (χ0n) is 23.9. The lowest BCUT2D eigenvalue weighted by Gasteiger charge is -2.40. The molecule has 12 heteroatoms. The molecule has 0 saturated carbocycles. The van der Waals surface area contributed by atoms with E-state index in [2.05, 4.69) is 4.72 Å². The molecule has 0 aromatic heterocycles. The topological polar surface area (TPSA) is 133 Å². The predicted molar refractivity (Wildman–Crippen MR) is 160 cm³/mol. The van der Waals surface area contributed by atoms with Gasteiger partial charge >= 0.3 is 7.60 Å². The van der Waals surface area contributed by atoms with Crippen molar-refractivity contribution in [1.82, 2.24) is 4.72 Å². The molecule has 0 bridgehead atoms. The van der Waals surface area contributed by atoms with Gasteiger partial charge in [0.05, 0.1) is 23.0 Å². The summed E-state index contributed by atoms with van der Waals surface area (Å²) in [5, 5.41) is -2.40. The van der Waals surface area contributed by atoms with E-state index in [1.807, 2.05) is 0 Å². The summed E-state index contributed by atoms with van der Waals surface area (Å²) in [7, 11) is -13.7. The number of Topliss-reactive ketones (excluding diaryl/α,β-unsaturated/α-hetero) is 1. The number of aryl methyl sites for hydroxylation is 2. The molecule has 1 aliphatic rings. The van der Waals surface area contributed by atoms with Gasteiger partial charge in [0, 0.05) is 11.1 Å². The van der Waals surface area contributed by atoms with Crippen molar-refractivity contribution in [3.05, 3.63) is 106 Å². The highest BCUT2D eigenvalue weighted by molar-refractivity contribution is 7.96. The van der Waals surface area contributed by atoms with Crippen LogP contribution in [0.15, 0.2) is 93.6 Å². The van der Waals surface area contributed by atoms with Crippen molar-refractivity contribution in [2.75, 3.05) is 13.2 Å². The van der Waals surface area contributed by atoms with Gasteiger partial charge in [0.2, 0.25) is 25.6 Å². The number of ketones is 1. The van der Waals surface area contributed by atoms with Crippen molar-refractivity contribution in [2.24, 2.45) is 0 Å². The van der Waals surface area contributed by atoms with E-state index in [1.165, 1.54) is 42.5 Å². The van der Waals surface area contributed by atoms with Gasteiger partial charge in [-0.25, -0.2) is 16.8 Å². The van der Waals surface area contributed by atoms with Crippen LogP contribution in [-0.4, -0.2) is 35.8 Å². The van der Waals surface area contributed by atoms with E-state index in [4.69, 9.17) is 9.05 Å². The molecule has 1 aliphatic carbocycles. The summed E-state index contributed by atoms with van der Waals surface area (Å²) in [5.74, 6) is -0.867. The number of hydrogen-bond donors (Lipinski definition) is 1. The maximum Gasteiger partial charge on any atom is 0.360 e. The van der Waals surface area contributed by atoms with Crippen LogP contribution in [0.2, 0.25) is 0 Å². The van der Waals surface area contributed by atoms with Gasteiger partial charge < -0.3 is 9.05 Å². The third-order valence-electron chi connectivity index (χ3n) is 6.75. The van der Waals surface area contributed by atoms with Gasteiger partial charge in [0.1, 0.15) is 4.91 Å². The smallest absolute Gasteiger partial charge is 0.307 e. The second kappa shape index (κ2) is 12.4. The molecule has 0 fully saturated rings. The van der Waals surface area contributed by atoms with Crippen molar-refractivity contribution in [1.29, 1.82) is 0 Å². The maximum atomic E-state index is 15.0. The van der Waals surface area contributed by atoms with Crippen LogP contribution in [0, 0.1) is 13.8 Å². The van der Waals surface area contributed by atoms with Gasteiger partial charge in [-0.05, 0) is 57.0 Å². The summed E-state index contributed by atoms with van der Waals surface area (Å²) in [6.07, 6.45) is 1.71. The van der Waals surface area contributed by atoms with Crippen molar-refractivity contribution in [3.63, 3.8) is 0 Å². The second-order valence-electron chi connectivity index (χ2n) is 10.0. The van der Waals surface area contributed by atoms with Gasteiger partial charge in [-0.15, -0.1) is 0 Å². The first-order chi connectivity index (χ1) is 19.8. The number of fused-ring (bicyclic) bond motifs is 1. The fourth-order valence-corrected chi connectivity index (χ4v) is 10.2. The van der Waals surface area contributed by atoms with Crippen molar-refractivity contribution < 1.29 is 35.2 Å². The van der Waals surface area contributed by atoms with Crippen molar-refractivity contribution in [3.8, 4) is 0 Å². The van der Waals surface area contributed by atoms with E-state index in [0.29, 0.717) is 12.8 Å². The number of benzene rings is 3. The normalized spacial score (nSPS) is 17.5. The molecule has 3 aromatic rings. The number of hydrogen-bond acceptors (Lipinski definition) is 8. The zero-order valence-corrected chi connectivity index (χ0v) is 26.4. The van der Waals surface area contributed by atoms with Gasteiger partial charge in [0.15, 0.2) is 5.28 Å². The van der Waals surface area contributed by atoms with Crippen LogP contribution < -0.4 is 4.72 Å². The lowest BCUT2D eigenvalue weighted by atomic mass is 9.92. The van der Waals surface area contributed by atoms with Crippen LogP contribution in [0.1, 0.15) is 53.7 Å². The van der Waals surface area contributed by atoms with E-state index in [1.54, 1.807) is 58.0 Å². The molecule has 1 unspecified atom stereocenters. The van der Waals surface area contributed by atoms with Crippen LogP contribution in [0.3, 0.4) is 0 Å². The lowest BCUT2D eigenvalue weighted by Crippen LogP contribution is -2.48. The molecule has 0 saturated heterocycles. The fourth-order valence-electron chi connectivity index (χ4n) is 4.54. The van der Waals surface area contributed by atoms with Crippen LogP contribution in [0.25, 0.3) is 0 Å². The predicted octanol–water partition coefficient (Wildman–Crippen LogP) is 6.04. The summed E-state index contributed by atoms with van der Waals surface area (Å²) >= 11 is 0. The van der Waals surface area contributed by atoms with Crippen molar-refractivity contribution in [2.45, 2.75) is 55.6 Å².